The standard InChI is InChI=1S/C13H19F3O3Si/c1-3-17-12(19-20,18-4-2)9-10-6-5-7-11(8-10)13(14,15)16/h5-8H,3-4,9H2,1-2,20H3. The molecule has 114 valence electrons. The molecule has 7 heteroatoms. The van der Waals surface area contributed by atoms with Gasteiger partial charge in [0, 0.05) is 13.2 Å². The summed E-state index contributed by atoms with van der Waals surface area (Å²) in [4.78, 5) is 0. The molecule has 1 aromatic carbocycles. The van der Waals surface area contributed by atoms with Crippen molar-refractivity contribution in [2.45, 2.75) is 32.4 Å². The van der Waals surface area contributed by atoms with Crippen molar-refractivity contribution >= 4 is 10.5 Å². The summed E-state index contributed by atoms with van der Waals surface area (Å²) in [5.74, 6) is -1.29. The zero-order valence-corrected chi connectivity index (χ0v) is 13.8. The van der Waals surface area contributed by atoms with Crippen LogP contribution in [0.4, 0.5) is 13.2 Å². The Bertz CT molecular complexity index is 418. The molecular weight excluding hydrogens is 289 g/mol. The largest absolute Gasteiger partial charge is 0.416 e. The zero-order valence-electron chi connectivity index (χ0n) is 11.8. The van der Waals surface area contributed by atoms with Crippen molar-refractivity contribution in [2.24, 2.45) is 0 Å². The second-order valence-corrected chi connectivity index (χ2v) is 4.54. The van der Waals surface area contributed by atoms with Gasteiger partial charge in [-0.2, -0.15) is 13.2 Å². The van der Waals surface area contributed by atoms with Gasteiger partial charge in [0.2, 0.25) is 0 Å². The Morgan fingerprint density at radius 3 is 2.15 bits per heavy atom. The monoisotopic (exact) mass is 308 g/mol. The maximum Gasteiger partial charge on any atom is 0.416 e. The van der Waals surface area contributed by atoms with Crippen LogP contribution in [0.25, 0.3) is 0 Å². The summed E-state index contributed by atoms with van der Waals surface area (Å²) in [6, 6.07) is 5.10. The average Bonchev–Trinajstić information content (AvgIpc) is 2.38. The van der Waals surface area contributed by atoms with Crippen LogP contribution in [-0.4, -0.2) is 29.7 Å². The quantitative estimate of drug-likeness (QED) is 0.571. The van der Waals surface area contributed by atoms with Crippen LogP contribution in [0.1, 0.15) is 25.0 Å². The van der Waals surface area contributed by atoms with Gasteiger partial charge in [0.1, 0.15) is 0 Å². The van der Waals surface area contributed by atoms with E-state index < -0.39 is 17.7 Å². The number of rotatable bonds is 7. The SMILES string of the molecule is CCOC(Cc1cccc(C(F)(F)F)c1)(O[SiH3])OCC. The fraction of sp³-hybridized carbons (Fsp3) is 0.538. The smallest absolute Gasteiger partial charge is 0.380 e. The van der Waals surface area contributed by atoms with E-state index in [0.717, 1.165) is 12.1 Å². The van der Waals surface area contributed by atoms with Crippen LogP contribution >= 0.6 is 0 Å². The number of benzene rings is 1. The first-order chi connectivity index (χ1) is 9.37. The average molecular weight is 308 g/mol. The minimum Gasteiger partial charge on any atom is -0.380 e. The van der Waals surface area contributed by atoms with E-state index in [1.165, 1.54) is 6.07 Å². The highest BCUT2D eigenvalue weighted by Crippen LogP contribution is 2.31. The molecule has 0 amide bonds. The molecule has 20 heavy (non-hydrogen) atoms. The molecule has 0 aliphatic carbocycles. The predicted molar refractivity (Wildman–Crippen MR) is 72.2 cm³/mol. The summed E-state index contributed by atoms with van der Waals surface area (Å²) < 4.78 is 54.4. The van der Waals surface area contributed by atoms with Crippen molar-refractivity contribution in [3.05, 3.63) is 35.4 Å². The van der Waals surface area contributed by atoms with Gasteiger partial charge >= 0.3 is 6.18 Å². The van der Waals surface area contributed by atoms with Crippen molar-refractivity contribution in [1.29, 1.82) is 0 Å². The molecule has 1 rings (SSSR count). The lowest BCUT2D eigenvalue weighted by Crippen LogP contribution is -2.41. The first-order valence-corrected chi connectivity index (χ1v) is 7.17. The highest BCUT2D eigenvalue weighted by Gasteiger charge is 2.34. The van der Waals surface area contributed by atoms with Crippen LogP contribution in [0, 0.1) is 0 Å². The van der Waals surface area contributed by atoms with Crippen LogP contribution in [0.5, 0.6) is 0 Å². The first-order valence-electron chi connectivity index (χ1n) is 6.36. The summed E-state index contributed by atoms with van der Waals surface area (Å²) in [7, 11) is 0.352. The van der Waals surface area contributed by atoms with Crippen molar-refractivity contribution < 1.29 is 27.1 Å². The van der Waals surface area contributed by atoms with E-state index in [-0.39, 0.29) is 6.42 Å². The van der Waals surface area contributed by atoms with Gasteiger partial charge in [-0.1, -0.05) is 18.2 Å². The molecule has 0 bridgehead atoms. The lowest BCUT2D eigenvalue weighted by atomic mass is 10.1. The van der Waals surface area contributed by atoms with Gasteiger partial charge < -0.3 is 13.9 Å². The molecule has 0 aliphatic heterocycles. The van der Waals surface area contributed by atoms with E-state index in [9.17, 15) is 13.2 Å². The second-order valence-electron chi connectivity index (χ2n) is 4.13. The minimum atomic E-state index is -4.36. The molecule has 0 aromatic heterocycles. The molecule has 0 fully saturated rings. The molecule has 3 nitrogen and oxygen atoms in total. The van der Waals surface area contributed by atoms with E-state index in [1.54, 1.807) is 19.9 Å². The number of halogens is 3. The third-order valence-corrected chi connectivity index (χ3v) is 3.34. The number of alkyl halides is 3. The van der Waals surface area contributed by atoms with Gasteiger partial charge in [-0.25, -0.2) is 0 Å². The van der Waals surface area contributed by atoms with E-state index in [4.69, 9.17) is 13.9 Å². The third-order valence-electron chi connectivity index (χ3n) is 2.71. The van der Waals surface area contributed by atoms with Crippen molar-refractivity contribution in [2.75, 3.05) is 13.2 Å². The van der Waals surface area contributed by atoms with Gasteiger partial charge in [0.15, 0.2) is 10.5 Å². The fourth-order valence-corrected chi connectivity index (χ4v) is 2.26. The Hall–Kier alpha value is -0.893. The molecule has 0 unspecified atom stereocenters. The molecule has 1 aromatic rings. The summed E-state index contributed by atoms with van der Waals surface area (Å²) >= 11 is 0. The number of ether oxygens (including phenoxy) is 2. The zero-order chi connectivity index (χ0) is 15.2. The third kappa shape index (κ3) is 4.59. The molecule has 0 N–H and O–H groups in total. The van der Waals surface area contributed by atoms with Crippen molar-refractivity contribution in [1.82, 2.24) is 0 Å². The molecule has 0 atom stereocenters. The van der Waals surface area contributed by atoms with Crippen molar-refractivity contribution in [3.63, 3.8) is 0 Å². The van der Waals surface area contributed by atoms with E-state index >= 15 is 0 Å². The summed E-state index contributed by atoms with van der Waals surface area (Å²) in [6.45, 7) is 4.25. The molecule has 0 spiro atoms. The van der Waals surface area contributed by atoms with Crippen LogP contribution in [0.3, 0.4) is 0 Å². The van der Waals surface area contributed by atoms with Gasteiger partial charge in [0.05, 0.1) is 12.0 Å². The lowest BCUT2D eigenvalue weighted by molar-refractivity contribution is -0.339. The Morgan fingerprint density at radius 1 is 1.10 bits per heavy atom. The summed E-state index contributed by atoms with van der Waals surface area (Å²) in [6.07, 6.45) is -4.25. The number of hydrogen-bond donors (Lipinski definition) is 0. The van der Waals surface area contributed by atoms with Gasteiger partial charge in [-0.3, -0.25) is 0 Å². The summed E-state index contributed by atoms with van der Waals surface area (Å²) in [5, 5.41) is 0. The predicted octanol–water partition coefficient (Wildman–Crippen LogP) is 2.27. The highest BCUT2D eigenvalue weighted by atomic mass is 28.2. The van der Waals surface area contributed by atoms with Crippen LogP contribution < -0.4 is 0 Å². The molecule has 0 saturated carbocycles. The van der Waals surface area contributed by atoms with Gasteiger partial charge in [-0.15, -0.1) is 0 Å². The van der Waals surface area contributed by atoms with Gasteiger partial charge in [-0.05, 0) is 25.5 Å². The molecule has 0 radical (unpaired) electrons. The first kappa shape index (κ1) is 17.2. The second kappa shape index (κ2) is 7.21. The van der Waals surface area contributed by atoms with Crippen molar-refractivity contribution in [3.8, 4) is 0 Å². The Labute approximate surface area is 119 Å². The number of hydrogen-bond acceptors (Lipinski definition) is 3. The molecule has 0 heterocycles. The maximum absolute atomic E-state index is 12.7. The Morgan fingerprint density at radius 2 is 1.70 bits per heavy atom. The topological polar surface area (TPSA) is 27.7 Å². The van der Waals surface area contributed by atoms with E-state index in [2.05, 4.69) is 0 Å². The fourth-order valence-electron chi connectivity index (χ4n) is 1.88. The molecular formula is C13H19F3O3Si. The Balaban J connectivity index is 2.99. The van der Waals surface area contributed by atoms with E-state index in [1.807, 2.05) is 0 Å². The van der Waals surface area contributed by atoms with Crippen LogP contribution in [-0.2, 0) is 26.5 Å². The summed E-state index contributed by atoms with van der Waals surface area (Å²) in [5.41, 5.74) is -0.234. The van der Waals surface area contributed by atoms with Crippen LogP contribution in [0.15, 0.2) is 24.3 Å². The van der Waals surface area contributed by atoms with Gasteiger partial charge in [0.25, 0.3) is 5.97 Å². The minimum absolute atomic E-state index is 0.113. The van der Waals surface area contributed by atoms with E-state index in [0.29, 0.717) is 29.3 Å². The lowest BCUT2D eigenvalue weighted by Gasteiger charge is -2.32. The maximum atomic E-state index is 12.7. The normalized spacial score (nSPS) is 12.8. The molecule has 0 aliphatic rings. The highest BCUT2D eigenvalue weighted by molar-refractivity contribution is 5.98. The Kier molecular flexibility index (Phi) is 6.19. The van der Waals surface area contributed by atoms with Crippen LogP contribution in [0.2, 0.25) is 0 Å². The molecule has 0 saturated heterocycles.